The smallest absolute Gasteiger partial charge is 0.342 e. The third kappa shape index (κ3) is 6.78. The molecule has 3 fully saturated rings. The van der Waals surface area contributed by atoms with Gasteiger partial charge in [-0.15, -0.1) is 0 Å². The lowest BCUT2D eigenvalue weighted by molar-refractivity contribution is -0.786. The molecule has 0 bridgehead atoms. The van der Waals surface area contributed by atoms with Gasteiger partial charge in [0.1, 0.15) is 6.04 Å². The predicted octanol–water partition coefficient (Wildman–Crippen LogP) is 1.77. The number of nitrogens with one attached hydrogen (secondary N) is 2. The van der Waals surface area contributed by atoms with Crippen molar-refractivity contribution in [2.75, 3.05) is 39.3 Å². The lowest BCUT2D eigenvalue weighted by atomic mass is 9.91. The number of hydroxylamine groups is 2. The van der Waals surface area contributed by atoms with Crippen molar-refractivity contribution >= 4 is 30.9 Å². The first kappa shape index (κ1) is 27.1. The van der Waals surface area contributed by atoms with Crippen LogP contribution in [0.15, 0.2) is 0 Å². The number of rotatable bonds is 11. The number of imide groups is 2. The van der Waals surface area contributed by atoms with Gasteiger partial charge in [0, 0.05) is 25.9 Å². The Bertz CT molecular complexity index is 768. The minimum absolute atomic E-state index is 0.112. The molecule has 3 rings (SSSR count). The van der Waals surface area contributed by atoms with Crippen LogP contribution in [0, 0.1) is 11.8 Å². The van der Waals surface area contributed by atoms with E-state index in [9.17, 15) is 24.0 Å². The van der Waals surface area contributed by atoms with Crippen LogP contribution >= 0.6 is 0 Å². The normalized spacial score (nSPS) is 25.7. The highest BCUT2D eigenvalue weighted by Gasteiger charge is 2.55. The number of likely N-dealkylation sites (tertiary alicyclic amines) is 2. The highest BCUT2D eigenvalue weighted by molar-refractivity contribution is 5.95. The average Bonchev–Trinajstić information content (AvgIpc) is 3.60. The molecule has 2 N–H and O–H groups in total. The van der Waals surface area contributed by atoms with Crippen molar-refractivity contribution in [3.05, 3.63) is 0 Å². The fourth-order valence-corrected chi connectivity index (χ4v) is 5.99. The van der Waals surface area contributed by atoms with Crippen LogP contribution < -0.4 is 10.6 Å². The minimum Gasteiger partial charge on any atom is -0.342 e. The first-order valence-corrected chi connectivity index (χ1v) is 13.0. The first-order chi connectivity index (χ1) is 16.9. The molecule has 2 aliphatic heterocycles. The van der Waals surface area contributed by atoms with Crippen molar-refractivity contribution in [3.8, 4) is 0 Å². The van der Waals surface area contributed by atoms with E-state index in [0.717, 1.165) is 63.2 Å². The fraction of sp³-hybridized carbons (Fsp3) is 0.792. The van der Waals surface area contributed by atoms with Crippen LogP contribution in [0.25, 0.3) is 0 Å². The third-order valence-electron chi connectivity index (χ3n) is 7.91. The number of amides is 6. The van der Waals surface area contributed by atoms with Gasteiger partial charge in [-0.3, -0.25) is 9.59 Å². The summed E-state index contributed by atoms with van der Waals surface area (Å²) in [5, 5.41) is 5.96. The monoisotopic (exact) mass is 494 g/mol. The summed E-state index contributed by atoms with van der Waals surface area (Å²) in [4.78, 5) is 69.2. The second kappa shape index (κ2) is 13.0. The zero-order valence-corrected chi connectivity index (χ0v) is 20.8. The van der Waals surface area contributed by atoms with Gasteiger partial charge in [0.15, 0.2) is 0 Å². The second-order valence-electron chi connectivity index (χ2n) is 10.1. The summed E-state index contributed by atoms with van der Waals surface area (Å²) in [6, 6.07) is -1.54. The maximum atomic E-state index is 14.0. The molecule has 1 aliphatic carbocycles. The van der Waals surface area contributed by atoms with E-state index >= 15 is 0 Å². The molecule has 11 nitrogen and oxygen atoms in total. The molecule has 2 heterocycles. The topological polar surface area (TPSA) is 125 Å². The molecule has 11 heteroatoms. The average molecular weight is 495 g/mol. The number of carbonyl (C=O) groups excluding carboxylic acids is 5. The van der Waals surface area contributed by atoms with Crippen LogP contribution in [-0.4, -0.2) is 90.6 Å². The van der Waals surface area contributed by atoms with Gasteiger partial charge in [-0.05, 0) is 45.2 Å². The highest BCUT2D eigenvalue weighted by Crippen LogP contribution is 2.35. The van der Waals surface area contributed by atoms with Crippen molar-refractivity contribution in [2.45, 2.75) is 70.8 Å². The summed E-state index contributed by atoms with van der Waals surface area (Å²) >= 11 is 0. The number of urea groups is 2. The van der Waals surface area contributed by atoms with Crippen LogP contribution in [0.5, 0.6) is 0 Å². The molecule has 35 heavy (non-hydrogen) atoms. The summed E-state index contributed by atoms with van der Waals surface area (Å²) in [6.45, 7) is 5.35. The second-order valence-corrected chi connectivity index (χ2v) is 10.1. The largest absolute Gasteiger partial charge is 0.432 e. The summed E-state index contributed by atoms with van der Waals surface area (Å²) in [6.07, 6.45) is 8.69. The molecule has 3 aliphatic rings. The molecule has 1 unspecified atom stereocenters. The molecular weight excluding hydrogens is 454 g/mol. The Kier molecular flexibility index (Phi) is 10.0. The molecule has 196 valence electrons. The Labute approximate surface area is 207 Å². The van der Waals surface area contributed by atoms with Crippen molar-refractivity contribution in [1.29, 1.82) is 0 Å². The molecule has 1 saturated carbocycles. The van der Waals surface area contributed by atoms with Crippen LogP contribution in [-0.2, 0) is 19.2 Å². The van der Waals surface area contributed by atoms with Gasteiger partial charge >= 0.3 is 24.4 Å². The van der Waals surface area contributed by atoms with Gasteiger partial charge in [-0.25, -0.2) is 19.7 Å². The Hall–Kier alpha value is -2.53. The van der Waals surface area contributed by atoms with Gasteiger partial charge in [0.2, 0.25) is 6.41 Å². The number of carbonyl (C=O) groups is 5. The fourth-order valence-electron chi connectivity index (χ4n) is 5.99. The standard InChI is InChI=1S/C24H39N5O6/c1-19-7-6-14-29(19,24(34)26-23(33)25-10-13-27-11-4-5-12-27)22(32)21(15-20-8-2-3-9-20)16-28(17-30)35-18-31/h17-21H,2-16H2,1H3,(H-,25,26,33,34)/p+1/t19-,21-,29?/m1/s1. The molecular formula is C24H40N5O6+. The number of hydrogen-bond donors (Lipinski definition) is 2. The molecule has 6 amide bonds. The number of nitrogens with zero attached hydrogens (tertiary/aromatic N) is 3. The van der Waals surface area contributed by atoms with Gasteiger partial charge < -0.3 is 15.1 Å². The van der Waals surface area contributed by atoms with E-state index in [1.54, 1.807) is 0 Å². The van der Waals surface area contributed by atoms with E-state index in [1.165, 1.54) is 0 Å². The van der Waals surface area contributed by atoms with Crippen LogP contribution in [0.1, 0.15) is 64.7 Å². The molecule has 0 radical (unpaired) electrons. The van der Waals surface area contributed by atoms with Gasteiger partial charge in [0.25, 0.3) is 0 Å². The number of hydrogen-bond acceptors (Lipinski definition) is 7. The zero-order valence-electron chi connectivity index (χ0n) is 20.8. The molecule has 0 spiro atoms. The summed E-state index contributed by atoms with van der Waals surface area (Å²) in [7, 11) is 0. The Morgan fingerprint density at radius 2 is 1.80 bits per heavy atom. The maximum Gasteiger partial charge on any atom is 0.432 e. The summed E-state index contributed by atoms with van der Waals surface area (Å²) in [5.74, 6) is -0.706. The predicted molar refractivity (Wildman–Crippen MR) is 126 cm³/mol. The SMILES string of the molecule is C[C@@H]1CCC[N+]1(C(=O)NC(=O)NCCN1CCCC1)C(=O)[C@H](CC1CCCC1)CN(C=O)OC=O. The number of quaternary nitrogens is 1. The van der Waals surface area contributed by atoms with Crippen LogP contribution in [0.3, 0.4) is 0 Å². The minimum atomic E-state index is -0.687. The van der Waals surface area contributed by atoms with E-state index < -0.39 is 22.5 Å². The van der Waals surface area contributed by atoms with Crippen LogP contribution in [0.4, 0.5) is 9.59 Å². The molecule has 0 aromatic rings. The molecule has 3 atom stereocenters. The highest BCUT2D eigenvalue weighted by atomic mass is 16.7. The lowest BCUT2D eigenvalue weighted by Gasteiger charge is -2.36. The van der Waals surface area contributed by atoms with Gasteiger partial charge in [-0.1, -0.05) is 25.7 Å². The zero-order chi connectivity index (χ0) is 25.3. The van der Waals surface area contributed by atoms with Crippen LogP contribution in [0.2, 0.25) is 0 Å². The lowest BCUT2D eigenvalue weighted by Crippen LogP contribution is -2.66. The van der Waals surface area contributed by atoms with Crippen molar-refractivity contribution in [1.82, 2.24) is 20.6 Å². The summed E-state index contributed by atoms with van der Waals surface area (Å²) in [5.41, 5.74) is 0. The first-order valence-electron chi connectivity index (χ1n) is 13.0. The Morgan fingerprint density at radius 1 is 1.09 bits per heavy atom. The summed E-state index contributed by atoms with van der Waals surface area (Å²) < 4.78 is -0.481. The third-order valence-corrected chi connectivity index (χ3v) is 7.91. The molecule has 2 saturated heterocycles. The van der Waals surface area contributed by atoms with E-state index in [-0.39, 0.29) is 25.0 Å². The van der Waals surface area contributed by atoms with E-state index in [2.05, 4.69) is 15.5 Å². The van der Waals surface area contributed by atoms with Crippen molar-refractivity contribution in [3.63, 3.8) is 0 Å². The van der Waals surface area contributed by atoms with E-state index in [1.807, 2.05) is 6.92 Å². The van der Waals surface area contributed by atoms with Crippen molar-refractivity contribution in [2.24, 2.45) is 11.8 Å². The van der Waals surface area contributed by atoms with Crippen molar-refractivity contribution < 1.29 is 33.3 Å². The van der Waals surface area contributed by atoms with E-state index in [0.29, 0.717) is 44.7 Å². The maximum absolute atomic E-state index is 14.0. The molecule has 0 aromatic heterocycles. The Balaban J connectivity index is 1.71. The van der Waals surface area contributed by atoms with E-state index in [4.69, 9.17) is 4.84 Å². The quantitative estimate of drug-likeness (QED) is 0.255. The van der Waals surface area contributed by atoms with Gasteiger partial charge in [0.05, 0.1) is 19.0 Å². The molecule has 0 aromatic carbocycles. The Morgan fingerprint density at radius 3 is 2.40 bits per heavy atom. The van der Waals surface area contributed by atoms with Gasteiger partial charge in [-0.2, -0.15) is 9.55 Å².